The highest BCUT2D eigenvalue weighted by atomic mass is 16.5. The van der Waals surface area contributed by atoms with E-state index in [9.17, 15) is 5.11 Å². The number of hydrogen-bond donors (Lipinski definition) is 2. The van der Waals surface area contributed by atoms with Gasteiger partial charge in [0.15, 0.2) is 0 Å². The molecule has 0 aliphatic rings. The third-order valence-electron chi connectivity index (χ3n) is 5.03. The Morgan fingerprint density at radius 2 is 1.38 bits per heavy atom. The highest BCUT2D eigenvalue weighted by molar-refractivity contribution is 5.82. The van der Waals surface area contributed by atoms with Crippen molar-refractivity contribution < 1.29 is 24.4 Å². The zero-order valence-corrected chi connectivity index (χ0v) is 19.8. The van der Waals surface area contributed by atoms with Crippen LogP contribution in [0.5, 0.6) is 11.5 Å². The first-order valence-corrected chi connectivity index (χ1v) is 11.4. The van der Waals surface area contributed by atoms with Gasteiger partial charge < -0.3 is 24.4 Å². The molecule has 0 radical (unpaired) electrons. The van der Waals surface area contributed by atoms with E-state index in [0.717, 1.165) is 41.0 Å². The van der Waals surface area contributed by atoms with E-state index >= 15 is 0 Å². The number of hydrogen-bond acceptors (Lipinski definition) is 5. The van der Waals surface area contributed by atoms with E-state index in [1.807, 2.05) is 43.3 Å². The topological polar surface area (TPSA) is 68.2 Å². The number of rotatable bonds is 14. The minimum atomic E-state index is -0.638. The summed E-state index contributed by atoms with van der Waals surface area (Å²) in [4.78, 5) is 0. The molecule has 2 rings (SSSR count). The molecule has 0 bridgehead atoms. The van der Waals surface area contributed by atoms with Crippen LogP contribution in [0.25, 0.3) is 5.57 Å². The van der Waals surface area contributed by atoms with Gasteiger partial charge >= 0.3 is 0 Å². The van der Waals surface area contributed by atoms with Crippen LogP contribution in [0.2, 0.25) is 0 Å². The SMILES string of the molecule is CCCCOCC(O)COc1ccc(C(=C(C)C)c2ccc(OCC(C)CO)cc2)cc1. The van der Waals surface area contributed by atoms with Gasteiger partial charge in [0.25, 0.3) is 0 Å². The highest BCUT2D eigenvalue weighted by Crippen LogP contribution is 2.29. The summed E-state index contributed by atoms with van der Waals surface area (Å²) in [7, 11) is 0. The van der Waals surface area contributed by atoms with Crippen LogP contribution in [0.15, 0.2) is 54.1 Å². The lowest BCUT2D eigenvalue weighted by Gasteiger charge is -2.15. The molecule has 0 aliphatic carbocycles. The largest absolute Gasteiger partial charge is 0.493 e. The van der Waals surface area contributed by atoms with E-state index in [2.05, 4.69) is 32.9 Å². The van der Waals surface area contributed by atoms with E-state index in [4.69, 9.17) is 19.3 Å². The van der Waals surface area contributed by atoms with Crippen molar-refractivity contribution >= 4 is 5.57 Å². The molecule has 5 heteroatoms. The fourth-order valence-corrected chi connectivity index (χ4v) is 3.18. The maximum absolute atomic E-state index is 10.00. The zero-order valence-electron chi connectivity index (χ0n) is 19.8. The van der Waals surface area contributed by atoms with Gasteiger partial charge in [-0.05, 0) is 61.2 Å². The Kier molecular flexibility index (Phi) is 11.3. The Hall–Kier alpha value is -2.34. The summed E-state index contributed by atoms with van der Waals surface area (Å²) in [5.41, 5.74) is 4.58. The molecule has 0 fully saturated rings. The lowest BCUT2D eigenvalue weighted by molar-refractivity contribution is 0.0113. The van der Waals surface area contributed by atoms with Gasteiger partial charge in [-0.1, -0.05) is 50.1 Å². The molecule has 176 valence electrons. The van der Waals surface area contributed by atoms with Crippen molar-refractivity contribution in [2.24, 2.45) is 5.92 Å². The zero-order chi connectivity index (χ0) is 23.3. The second-order valence-electron chi connectivity index (χ2n) is 8.42. The molecule has 2 aromatic rings. The Labute approximate surface area is 192 Å². The summed E-state index contributed by atoms with van der Waals surface area (Å²) in [5.74, 6) is 1.62. The van der Waals surface area contributed by atoms with Crippen molar-refractivity contribution in [3.63, 3.8) is 0 Å². The lowest BCUT2D eigenvalue weighted by atomic mass is 9.94. The lowest BCUT2D eigenvalue weighted by Crippen LogP contribution is -2.23. The maximum Gasteiger partial charge on any atom is 0.119 e. The number of aliphatic hydroxyl groups excluding tert-OH is 2. The molecule has 2 atom stereocenters. The molecular weight excluding hydrogens is 404 g/mol. The van der Waals surface area contributed by atoms with E-state index < -0.39 is 6.10 Å². The van der Waals surface area contributed by atoms with Crippen molar-refractivity contribution in [3.05, 3.63) is 65.2 Å². The van der Waals surface area contributed by atoms with Crippen LogP contribution in [0.3, 0.4) is 0 Å². The van der Waals surface area contributed by atoms with Gasteiger partial charge in [-0.3, -0.25) is 0 Å². The molecule has 0 heterocycles. The van der Waals surface area contributed by atoms with Crippen molar-refractivity contribution in [1.29, 1.82) is 0 Å². The molecule has 0 saturated heterocycles. The summed E-state index contributed by atoms with van der Waals surface area (Å²) >= 11 is 0. The first kappa shape index (κ1) is 25.9. The first-order chi connectivity index (χ1) is 15.4. The fraction of sp³-hybridized carbons (Fsp3) is 0.481. The van der Waals surface area contributed by atoms with Gasteiger partial charge in [0, 0.05) is 19.1 Å². The van der Waals surface area contributed by atoms with Crippen LogP contribution in [-0.2, 0) is 4.74 Å². The minimum Gasteiger partial charge on any atom is -0.493 e. The number of unbranched alkanes of at least 4 members (excludes halogenated alkanes) is 1. The Morgan fingerprint density at radius 1 is 0.844 bits per heavy atom. The quantitative estimate of drug-likeness (QED) is 0.399. The van der Waals surface area contributed by atoms with Gasteiger partial charge in [0.2, 0.25) is 0 Å². The minimum absolute atomic E-state index is 0.110. The average molecular weight is 443 g/mol. The summed E-state index contributed by atoms with van der Waals surface area (Å²) in [6.45, 7) is 10.0. The number of ether oxygens (including phenoxy) is 3. The van der Waals surface area contributed by atoms with Crippen molar-refractivity contribution in [2.75, 3.05) is 33.0 Å². The Bertz CT molecular complexity index is 807. The molecule has 2 aromatic carbocycles. The van der Waals surface area contributed by atoms with Crippen LogP contribution >= 0.6 is 0 Å². The highest BCUT2D eigenvalue weighted by Gasteiger charge is 2.10. The molecule has 2 N–H and O–H groups in total. The predicted molar refractivity (Wildman–Crippen MR) is 129 cm³/mol. The molecule has 5 nitrogen and oxygen atoms in total. The molecule has 0 amide bonds. The molecule has 0 aromatic heterocycles. The molecule has 0 saturated carbocycles. The van der Waals surface area contributed by atoms with Crippen LogP contribution in [0.1, 0.15) is 51.7 Å². The normalized spacial score (nSPS) is 12.8. The monoisotopic (exact) mass is 442 g/mol. The molecule has 0 spiro atoms. The first-order valence-electron chi connectivity index (χ1n) is 11.4. The fourth-order valence-electron chi connectivity index (χ4n) is 3.18. The second-order valence-corrected chi connectivity index (χ2v) is 8.42. The van der Waals surface area contributed by atoms with Gasteiger partial charge in [0.05, 0.1) is 13.2 Å². The molecule has 0 aliphatic heterocycles. The van der Waals surface area contributed by atoms with Gasteiger partial charge in [-0.25, -0.2) is 0 Å². The van der Waals surface area contributed by atoms with E-state index in [1.54, 1.807) is 0 Å². The molecule has 32 heavy (non-hydrogen) atoms. The molecule has 2 unspecified atom stereocenters. The Morgan fingerprint density at radius 3 is 1.84 bits per heavy atom. The predicted octanol–water partition coefficient (Wildman–Crippen LogP) is 5.09. The van der Waals surface area contributed by atoms with Crippen molar-refractivity contribution in [2.45, 2.75) is 46.6 Å². The summed E-state index contributed by atoms with van der Waals surface area (Å²) in [6.07, 6.45) is 1.44. The molecular formula is C27H38O5. The van der Waals surface area contributed by atoms with Crippen LogP contribution in [0, 0.1) is 5.92 Å². The number of benzene rings is 2. The van der Waals surface area contributed by atoms with Crippen LogP contribution in [0.4, 0.5) is 0 Å². The number of allylic oxidation sites excluding steroid dienone is 1. The third-order valence-corrected chi connectivity index (χ3v) is 5.03. The van der Waals surface area contributed by atoms with Gasteiger partial charge in [-0.15, -0.1) is 0 Å². The van der Waals surface area contributed by atoms with E-state index in [-0.39, 0.29) is 19.1 Å². The third kappa shape index (κ3) is 8.65. The van der Waals surface area contributed by atoms with E-state index in [1.165, 1.54) is 5.57 Å². The maximum atomic E-state index is 10.00. The van der Waals surface area contributed by atoms with E-state index in [0.29, 0.717) is 19.8 Å². The van der Waals surface area contributed by atoms with Crippen molar-refractivity contribution in [1.82, 2.24) is 0 Å². The Balaban J connectivity index is 1.97. The number of aliphatic hydroxyl groups is 2. The van der Waals surface area contributed by atoms with Crippen LogP contribution in [-0.4, -0.2) is 49.4 Å². The smallest absolute Gasteiger partial charge is 0.119 e. The summed E-state index contributed by atoms with van der Waals surface area (Å²) in [5, 5.41) is 19.1. The summed E-state index contributed by atoms with van der Waals surface area (Å²) < 4.78 is 16.9. The summed E-state index contributed by atoms with van der Waals surface area (Å²) in [6, 6.07) is 16.0. The second kappa shape index (κ2) is 13.9. The van der Waals surface area contributed by atoms with Crippen LogP contribution < -0.4 is 9.47 Å². The van der Waals surface area contributed by atoms with Gasteiger partial charge in [0.1, 0.15) is 24.2 Å². The standard InChI is InChI=1S/C27H38O5/c1-5-6-15-30-18-24(29)19-32-26-13-9-23(10-14-26)27(20(2)3)22-7-11-25(12-8-22)31-17-21(4)16-28/h7-14,21,24,28-29H,5-6,15-19H2,1-4H3. The van der Waals surface area contributed by atoms with Gasteiger partial charge in [-0.2, -0.15) is 0 Å². The van der Waals surface area contributed by atoms with Crippen molar-refractivity contribution in [3.8, 4) is 11.5 Å². The average Bonchev–Trinajstić information content (AvgIpc) is 2.80.